The highest BCUT2D eigenvalue weighted by Crippen LogP contribution is 2.13. The third kappa shape index (κ3) is 7.95. The molecular formula is C18H31NO3S. The van der Waals surface area contributed by atoms with E-state index in [-0.39, 0.29) is 12.2 Å². The van der Waals surface area contributed by atoms with Crippen LogP contribution in [0.4, 0.5) is 0 Å². The van der Waals surface area contributed by atoms with Gasteiger partial charge in [0.25, 0.3) is 0 Å². The number of sulfonamides is 1. The second-order valence-corrected chi connectivity index (χ2v) is 8.09. The van der Waals surface area contributed by atoms with Crippen molar-refractivity contribution < 1.29 is 13.2 Å². The smallest absolute Gasteiger partial charge is 0.240 e. The van der Waals surface area contributed by atoms with E-state index >= 15 is 0 Å². The first-order valence-electron chi connectivity index (χ1n) is 8.57. The number of hydrogen-bond donors (Lipinski definition) is 1. The predicted molar refractivity (Wildman–Crippen MR) is 95.1 cm³/mol. The molecule has 1 aromatic carbocycles. The van der Waals surface area contributed by atoms with Gasteiger partial charge in [0.15, 0.2) is 0 Å². The molecule has 132 valence electrons. The summed E-state index contributed by atoms with van der Waals surface area (Å²) in [7, 11) is -3.47. The summed E-state index contributed by atoms with van der Waals surface area (Å²) in [6.07, 6.45) is 5.53. The Labute approximate surface area is 141 Å². The van der Waals surface area contributed by atoms with Gasteiger partial charge in [-0.25, -0.2) is 13.1 Å². The maximum atomic E-state index is 12.3. The molecule has 1 N–H and O–H groups in total. The summed E-state index contributed by atoms with van der Waals surface area (Å²) >= 11 is 0. The minimum atomic E-state index is -3.47. The summed E-state index contributed by atoms with van der Waals surface area (Å²) in [5.41, 5.74) is 1.04. The molecule has 0 amide bonds. The van der Waals surface area contributed by atoms with Crippen LogP contribution in [-0.4, -0.2) is 27.2 Å². The van der Waals surface area contributed by atoms with Crippen LogP contribution in [0.3, 0.4) is 0 Å². The van der Waals surface area contributed by atoms with Crippen LogP contribution in [0.15, 0.2) is 29.2 Å². The van der Waals surface area contributed by atoms with E-state index < -0.39 is 10.0 Å². The van der Waals surface area contributed by atoms with Gasteiger partial charge in [-0.05, 0) is 39.3 Å². The molecule has 4 nitrogen and oxygen atoms in total. The van der Waals surface area contributed by atoms with Gasteiger partial charge in [-0.15, -0.1) is 0 Å². The number of benzene rings is 1. The Bertz CT molecular complexity index is 538. The van der Waals surface area contributed by atoms with Crippen molar-refractivity contribution in [2.75, 3.05) is 6.54 Å². The monoisotopic (exact) mass is 341 g/mol. The number of rotatable bonds is 11. The van der Waals surface area contributed by atoms with Crippen LogP contribution in [0.1, 0.15) is 58.4 Å². The lowest BCUT2D eigenvalue weighted by Gasteiger charge is -2.21. The maximum absolute atomic E-state index is 12.3. The minimum absolute atomic E-state index is 0.0768. The molecule has 0 bridgehead atoms. The fraction of sp³-hybridized carbons (Fsp3) is 0.667. The largest absolute Gasteiger partial charge is 0.374 e. The van der Waals surface area contributed by atoms with Gasteiger partial charge in [-0.1, -0.05) is 50.3 Å². The van der Waals surface area contributed by atoms with Crippen LogP contribution in [0.2, 0.25) is 0 Å². The lowest BCUT2D eigenvalue weighted by Crippen LogP contribution is -2.35. The Morgan fingerprint density at radius 1 is 1.09 bits per heavy atom. The lowest BCUT2D eigenvalue weighted by molar-refractivity contribution is 0.00540. The van der Waals surface area contributed by atoms with Crippen molar-refractivity contribution in [3.8, 4) is 0 Å². The molecule has 5 heteroatoms. The van der Waals surface area contributed by atoms with E-state index in [1.807, 2.05) is 20.8 Å². The second kappa shape index (κ2) is 10.1. The molecule has 23 heavy (non-hydrogen) atoms. The topological polar surface area (TPSA) is 55.4 Å². The highest BCUT2D eigenvalue weighted by molar-refractivity contribution is 7.89. The van der Waals surface area contributed by atoms with Crippen molar-refractivity contribution >= 4 is 10.0 Å². The quantitative estimate of drug-likeness (QED) is 0.618. The highest BCUT2D eigenvalue weighted by atomic mass is 32.2. The molecular weight excluding hydrogens is 310 g/mol. The minimum Gasteiger partial charge on any atom is -0.374 e. The van der Waals surface area contributed by atoms with E-state index in [0.29, 0.717) is 11.4 Å². The maximum Gasteiger partial charge on any atom is 0.240 e. The number of unbranched alkanes of at least 4 members (excludes halogenated alkanes) is 3. The predicted octanol–water partition coefficient (Wildman–Crippen LogP) is 4.04. The molecule has 0 unspecified atom stereocenters. The summed E-state index contributed by atoms with van der Waals surface area (Å²) in [5, 5.41) is 0. The summed E-state index contributed by atoms with van der Waals surface area (Å²) < 4.78 is 33.2. The average Bonchev–Trinajstić information content (AvgIpc) is 2.49. The van der Waals surface area contributed by atoms with Crippen LogP contribution in [-0.2, 0) is 14.8 Å². The standard InChI is InChI=1S/C18H31NO3S/c1-5-6-7-8-9-17(22-15(2)3)14-19-23(20,21)18-12-10-16(4)11-13-18/h10-13,15,17,19H,5-9,14H2,1-4H3/t17-/m0/s1. The first kappa shape index (κ1) is 20.1. The fourth-order valence-corrected chi connectivity index (χ4v) is 3.47. The molecule has 0 aliphatic rings. The molecule has 1 atom stereocenters. The molecule has 0 saturated carbocycles. The zero-order chi connectivity index (χ0) is 17.3. The SMILES string of the molecule is CCCCCC[C@@H](CNS(=O)(=O)c1ccc(C)cc1)OC(C)C. The molecule has 0 heterocycles. The Balaban J connectivity index is 2.59. The van der Waals surface area contributed by atoms with Crippen molar-refractivity contribution in [2.45, 2.75) is 76.9 Å². The zero-order valence-electron chi connectivity index (χ0n) is 14.8. The van der Waals surface area contributed by atoms with Crippen molar-refractivity contribution in [2.24, 2.45) is 0 Å². The van der Waals surface area contributed by atoms with Crippen molar-refractivity contribution in [1.29, 1.82) is 0 Å². The van der Waals surface area contributed by atoms with E-state index in [0.717, 1.165) is 18.4 Å². The molecule has 0 aliphatic heterocycles. The van der Waals surface area contributed by atoms with Crippen LogP contribution in [0.25, 0.3) is 0 Å². The van der Waals surface area contributed by atoms with Gasteiger partial charge in [-0.2, -0.15) is 0 Å². The molecule has 1 rings (SSSR count). The van der Waals surface area contributed by atoms with Gasteiger partial charge in [0.2, 0.25) is 10.0 Å². The van der Waals surface area contributed by atoms with Gasteiger partial charge in [0.05, 0.1) is 17.1 Å². The van der Waals surface area contributed by atoms with Crippen LogP contribution >= 0.6 is 0 Å². The third-order valence-corrected chi connectivity index (χ3v) is 5.12. The Morgan fingerprint density at radius 3 is 2.30 bits per heavy atom. The molecule has 0 saturated heterocycles. The molecule has 0 aliphatic carbocycles. The molecule has 0 fully saturated rings. The number of ether oxygens (including phenoxy) is 1. The Hall–Kier alpha value is -0.910. The van der Waals surface area contributed by atoms with E-state index in [2.05, 4.69) is 11.6 Å². The number of aryl methyl sites for hydroxylation is 1. The molecule has 1 aromatic rings. The fourth-order valence-electron chi connectivity index (χ4n) is 2.41. The number of hydrogen-bond acceptors (Lipinski definition) is 3. The van der Waals surface area contributed by atoms with Gasteiger partial charge in [0.1, 0.15) is 0 Å². The zero-order valence-corrected chi connectivity index (χ0v) is 15.7. The van der Waals surface area contributed by atoms with Gasteiger partial charge < -0.3 is 4.74 Å². The molecule has 0 aromatic heterocycles. The first-order chi connectivity index (χ1) is 10.8. The van der Waals surface area contributed by atoms with Crippen LogP contribution in [0, 0.1) is 6.92 Å². The summed E-state index contributed by atoms with van der Waals surface area (Å²) in [6.45, 7) is 8.39. The van der Waals surface area contributed by atoms with Crippen molar-refractivity contribution in [3.63, 3.8) is 0 Å². The van der Waals surface area contributed by atoms with E-state index in [1.165, 1.54) is 19.3 Å². The van der Waals surface area contributed by atoms with Crippen molar-refractivity contribution in [3.05, 3.63) is 29.8 Å². The van der Waals surface area contributed by atoms with Gasteiger partial charge >= 0.3 is 0 Å². The first-order valence-corrected chi connectivity index (χ1v) is 10.0. The van der Waals surface area contributed by atoms with Crippen LogP contribution < -0.4 is 4.72 Å². The molecule has 0 radical (unpaired) electrons. The summed E-state index contributed by atoms with van der Waals surface area (Å²) in [5.74, 6) is 0. The Kier molecular flexibility index (Phi) is 8.81. The second-order valence-electron chi connectivity index (χ2n) is 6.32. The van der Waals surface area contributed by atoms with Gasteiger partial charge in [0, 0.05) is 6.54 Å². The van der Waals surface area contributed by atoms with Crippen molar-refractivity contribution in [1.82, 2.24) is 4.72 Å². The van der Waals surface area contributed by atoms with E-state index in [4.69, 9.17) is 4.74 Å². The van der Waals surface area contributed by atoms with Gasteiger partial charge in [-0.3, -0.25) is 0 Å². The normalized spacial score (nSPS) is 13.4. The summed E-state index contributed by atoms with van der Waals surface area (Å²) in [6, 6.07) is 6.89. The van der Waals surface area contributed by atoms with Crippen LogP contribution in [0.5, 0.6) is 0 Å². The highest BCUT2D eigenvalue weighted by Gasteiger charge is 2.18. The number of nitrogens with one attached hydrogen (secondary N) is 1. The molecule has 0 spiro atoms. The van der Waals surface area contributed by atoms with E-state index in [9.17, 15) is 8.42 Å². The third-order valence-electron chi connectivity index (χ3n) is 3.68. The summed E-state index contributed by atoms with van der Waals surface area (Å²) in [4.78, 5) is 0.303. The van der Waals surface area contributed by atoms with E-state index in [1.54, 1.807) is 24.3 Å². The lowest BCUT2D eigenvalue weighted by atomic mass is 10.1. The Morgan fingerprint density at radius 2 is 1.74 bits per heavy atom. The average molecular weight is 342 g/mol.